The fourth-order valence-corrected chi connectivity index (χ4v) is 3.55. The van der Waals surface area contributed by atoms with Gasteiger partial charge in [0.15, 0.2) is 0 Å². The van der Waals surface area contributed by atoms with Crippen LogP contribution in [0.5, 0.6) is 11.5 Å². The van der Waals surface area contributed by atoms with E-state index in [1.807, 2.05) is 53.4 Å². The SMILES string of the molecule is COc1ccc(CN(Cc2ccc(OC)cc2)c2cc(Cl)c(C(F)F)c(Cl)n2)cc1. The van der Waals surface area contributed by atoms with Gasteiger partial charge in [0.2, 0.25) is 0 Å². The summed E-state index contributed by atoms with van der Waals surface area (Å²) in [4.78, 5) is 6.11. The number of methoxy groups -OCH3 is 2. The average Bonchev–Trinajstić information content (AvgIpc) is 2.73. The Morgan fingerprint density at radius 3 is 1.70 bits per heavy atom. The van der Waals surface area contributed by atoms with Crippen LogP contribution >= 0.6 is 23.2 Å². The molecule has 0 aliphatic rings. The molecule has 0 fully saturated rings. The average molecular weight is 453 g/mol. The van der Waals surface area contributed by atoms with E-state index in [2.05, 4.69) is 4.98 Å². The molecule has 1 heterocycles. The van der Waals surface area contributed by atoms with Crippen LogP contribution in [-0.2, 0) is 13.1 Å². The van der Waals surface area contributed by atoms with E-state index in [0.717, 1.165) is 22.6 Å². The van der Waals surface area contributed by atoms with Crippen molar-refractivity contribution in [3.8, 4) is 11.5 Å². The first kappa shape index (κ1) is 22.1. The summed E-state index contributed by atoms with van der Waals surface area (Å²) in [6, 6.07) is 16.5. The number of rotatable bonds is 8. The lowest BCUT2D eigenvalue weighted by Crippen LogP contribution is -2.23. The lowest BCUT2D eigenvalue weighted by molar-refractivity contribution is 0.151. The molecule has 2 aromatic carbocycles. The fraction of sp³-hybridized carbons (Fsp3) is 0.227. The van der Waals surface area contributed by atoms with Gasteiger partial charge in [-0.05, 0) is 41.5 Å². The molecule has 1 aromatic heterocycles. The number of hydrogen-bond donors (Lipinski definition) is 0. The van der Waals surface area contributed by atoms with E-state index < -0.39 is 12.0 Å². The number of nitrogens with zero attached hydrogens (tertiary/aromatic N) is 2. The Balaban J connectivity index is 1.95. The van der Waals surface area contributed by atoms with E-state index in [0.29, 0.717) is 18.9 Å². The van der Waals surface area contributed by atoms with Gasteiger partial charge in [0, 0.05) is 13.1 Å². The highest BCUT2D eigenvalue weighted by molar-refractivity contribution is 6.35. The molecule has 4 nitrogen and oxygen atoms in total. The molecule has 0 spiro atoms. The van der Waals surface area contributed by atoms with E-state index >= 15 is 0 Å². The summed E-state index contributed by atoms with van der Waals surface area (Å²) >= 11 is 12.1. The van der Waals surface area contributed by atoms with Crippen LogP contribution in [0, 0.1) is 0 Å². The number of hydrogen-bond acceptors (Lipinski definition) is 4. The molecule has 0 amide bonds. The maximum absolute atomic E-state index is 13.2. The normalized spacial score (nSPS) is 10.9. The van der Waals surface area contributed by atoms with Gasteiger partial charge in [0.1, 0.15) is 22.5 Å². The number of halogens is 4. The zero-order valence-electron chi connectivity index (χ0n) is 16.4. The third kappa shape index (κ3) is 5.32. The zero-order valence-corrected chi connectivity index (χ0v) is 17.9. The van der Waals surface area contributed by atoms with E-state index in [1.54, 1.807) is 14.2 Å². The van der Waals surface area contributed by atoms with Crippen LogP contribution < -0.4 is 14.4 Å². The number of alkyl halides is 2. The molecule has 158 valence electrons. The zero-order chi connectivity index (χ0) is 21.7. The summed E-state index contributed by atoms with van der Waals surface area (Å²) in [5.74, 6) is 1.89. The summed E-state index contributed by atoms with van der Waals surface area (Å²) in [6.07, 6.45) is -2.80. The maximum atomic E-state index is 13.2. The van der Waals surface area contributed by atoms with E-state index in [4.69, 9.17) is 32.7 Å². The summed E-state index contributed by atoms with van der Waals surface area (Å²) in [5, 5.41) is -0.420. The Morgan fingerprint density at radius 1 is 0.867 bits per heavy atom. The van der Waals surface area contributed by atoms with Gasteiger partial charge < -0.3 is 14.4 Å². The van der Waals surface area contributed by atoms with Crippen molar-refractivity contribution < 1.29 is 18.3 Å². The predicted molar refractivity (Wildman–Crippen MR) is 115 cm³/mol. The highest BCUT2D eigenvalue weighted by atomic mass is 35.5. The van der Waals surface area contributed by atoms with Crippen molar-refractivity contribution in [2.45, 2.75) is 19.5 Å². The summed E-state index contributed by atoms with van der Waals surface area (Å²) < 4.78 is 36.8. The first-order valence-electron chi connectivity index (χ1n) is 9.06. The Kier molecular flexibility index (Phi) is 7.34. The summed E-state index contributed by atoms with van der Waals surface area (Å²) in [6.45, 7) is 0.924. The Bertz CT molecular complexity index is 911. The van der Waals surface area contributed by atoms with Gasteiger partial charge in [-0.2, -0.15) is 0 Å². The number of ether oxygens (including phenoxy) is 2. The molecular weight excluding hydrogens is 433 g/mol. The molecule has 0 unspecified atom stereocenters. The van der Waals surface area contributed by atoms with Gasteiger partial charge in [-0.15, -0.1) is 0 Å². The number of benzene rings is 2. The second-order valence-corrected chi connectivity index (χ2v) is 7.28. The van der Waals surface area contributed by atoms with Gasteiger partial charge in [0.05, 0.1) is 24.8 Å². The topological polar surface area (TPSA) is 34.6 Å². The molecule has 0 atom stereocenters. The van der Waals surface area contributed by atoms with Gasteiger partial charge in [0.25, 0.3) is 6.43 Å². The molecule has 0 aliphatic heterocycles. The first-order chi connectivity index (χ1) is 14.4. The molecule has 0 N–H and O–H groups in total. The molecule has 0 radical (unpaired) electrons. The van der Waals surface area contributed by atoms with Crippen molar-refractivity contribution in [2.24, 2.45) is 0 Å². The quantitative estimate of drug-likeness (QED) is 0.363. The summed E-state index contributed by atoms with van der Waals surface area (Å²) in [7, 11) is 3.20. The smallest absolute Gasteiger partial charge is 0.268 e. The Labute approximate surface area is 184 Å². The number of anilines is 1. The molecule has 0 saturated heterocycles. The van der Waals surface area contributed by atoms with Crippen molar-refractivity contribution in [3.05, 3.63) is 81.5 Å². The highest BCUT2D eigenvalue weighted by Crippen LogP contribution is 2.35. The predicted octanol–water partition coefficient (Wildman–Crippen LogP) is 6.55. The molecule has 8 heteroatoms. The van der Waals surface area contributed by atoms with E-state index in [-0.39, 0.29) is 10.2 Å². The first-order valence-corrected chi connectivity index (χ1v) is 9.81. The second-order valence-electron chi connectivity index (χ2n) is 6.52. The fourth-order valence-electron chi connectivity index (χ4n) is 2.96. The Morgan fingerprint density at radius 2 is 1.33 bits per heavy atom. The minimum Gasteiger partial charge on any atom is -0.497 e. The molecule has 0 bridgehead atoms. The van der Waals surface area contributed by atoms with Crippen molar-refractivity contribution in [2.75, 3.05) is 19.1 Å². The van der Waals surface area contributed by atoms with Crippen molar-refractivity contribution >= 4 is 29.0 Å². The lowest BCUT2D eigenvalue weighted by atomic mass is 10.1. The Hall–Kier alpha value is -2.57. The van der Waals surface area contributed by atoms with Crippen LogP contribution in [0.25, 0.3) is 0 Å². The largest absolute Gasteiger partial charge is 0.497 e. The van der Waals surface area contributed by atoms with E-state index in [1.165, 1.54) is 6.07 Å². The number of aromatic nitrogens is 1. The van der Waals surface area contributed by atoms with Crippen molar-refractivity contribution in [1.82, 2.24) is 4.98 Å². The monoisotopic (exact) mass is 452 g/mol. The molecule has 3 rings (SSSR count). The molecule has 0 aliphatic carbocycles. The van der Waals surface area contributed by atoms with Crippen molar-refractivity contribution in [1.29, 1.82) is 0 Å². The van der Waals surface area contributed by atoms with Crippen LogP contribution in [0.2, 0.25) is 10.2 Å². The molecule has 3 aromatic rings. The standard InChI is InChI=1S/C22H20Cl2F2N2O2/c1-29-16-7-3-14(4-8-16)12-28(13-15-5-9-17(30-2)10-6-15)19-11-18(23)20(22(25)26)21(24)27-19/h3-11,22H,12-13H2,1-2H3. The summed E-state index contributed by atoms with van der Waals surface area (Å²) in [5.41, 5.74) is 1.50. The maximum Gasteiger partial charge on any atom is 0.268 e. The molecule has 0 saturated carbocycles. The molecule has 30 heavy (non-hydrogen) atoms. The third-order valence-electron chi connectivity index (χ3n) is 4.56. The van der Waals surface area contributed by atoms with Crippen LogP contribution in [0.15, 0.2) is 54.6 Å². The number of pyridine rings is 1. The lowest BCUT2D eigenvalue weighted by Gasteiger charge is -2.25. The van der Waals surface area contributed by atoms with Crippen LogP contribution in [0.3, 0.4) is 0 Å². The molecular formula is C22H20Cl2F2N2O2. The minimum atomic E-state index is -2.80. The highest BCUT2D eigenvalue weighted by Gasteiger charge is 2.21. The second kappa shape index (κ2) is 9.96. The van der Waals surface area contributed by atoms with Gasteiger partial charge in [-0.1, -0.05) is 47.5 Å². The third-order valence-corrected chi connectivity index (χ3v) is 5.16. The van der Waals surface area contributed by atoms with Crippen LogP contribution in [0.4, 0.5) is 14.6 Å². The van der Waals surface area contributed by atoms with Gasteiger partial charge in [-0.25, -0.2) is 13.8 Å². The van der Waals surface area contributed by atoms with E-state index in [9.17, 15) is 8.78 Å². The van der Waals surface area contributed by atoms with Crippen LogP contribution in [-0.4, -0.2) is 19.2 Å². The van der Waals surface area contributed by atoms with Crippen molar-refractivity contribution in [3.63, 3.8) is 0 Å². The van der Waals surface area contributed by atoms with Gasteiger partial charge in [-0.3, -0.25) is 0 Å². The minimum absolute atomic E-state index is 0.116. The van der Waals surface area contributed by atoms with Crippen LogP contribution in [0.1, 0.15) is 23.1 Å². The van der Waals surface area contributed by atoms with Gasteiger partial charge >= 0.3 is 0 Å².